The highest BCUT2D eigenvalue weighted by atomic mass is 32.2. The van der Waals surface area contributed by atoms with Crippen LogP contribution in [-0.4, -0.2) is 62.0 Å². The Balaban J connectivity index is 0.000000216. The van der Waals surface area contributed by atoms with E-state index < -0.39 is 14.8 Å². The van der Waals surface area contributed by atoms with E-state index in [4.69, 9.17) is 0 Å². The topological polar surface area (TPSA) is 125 Å². The van der Waals surface area contributed by atoms with E-state index in [2.05, 4.69) is 34.4 Å². The first-order valence-corrected chi connectivity index (χ1v) is 15.6. The molecule has 3 amide bonds. The largest absolute Gasteiger partial charge is 0.376 e. The molecular weight excluding hydrogens is 516 g/mol. The van der Waals surface area contributed by atoms with Crippen LogP contribution in [0.1, 0.15) is 71.6 Å². The molecule has 2 aliphatic carbocycles. The average Bonchev–Trinajstić information content (AvgIpc) is 3.83. The van der Waals surface area contributed by atoms with Crippen LogP contribution in [-0.2, 0) is 24.4 Å². The maximum atomic E-state index is 12.1. The van der Waals surface area contributed by atoms with Crippen molar-refractivity contribution in [2.45, 2.75) is 82.4 Å². The first kappa shape index (κ1) is 30.7. The standard InChI is InChI=1S/C15H25NO3S.C14H19N3O2/c1-3-4-5-6-7-8-12-11-13(12)14(17)16-20(18,19)15(2)9-10-15;1-15-14(19)12-8-5-9-17(12)13(18)10-16-11-6-3-2-4-7-11/h7-8,12-13H,3-6,9-11H2,1-2H3,(H,16,17);2-4,6-7,12,16H,5,8-10H2,1H3,(H,15,19)/b8-7-;/t12?,13-;12-/m00/s1. The Morgan fingerprint density at radius 3 is 2.46 bits per heavy atom. The van der Waals surface area contributed by atoms with Gasteiger partial charge >= 0.3 is 0 Å². The zero-order valence-electron chi connectivity index (χ0n) is 23.4. The molecule has 1 heterocycles. The van der Waals surface area contributed by atoms with Gasteiger partial charge in [-0.1, -0.05) is 50.1 Å². The van der Waals surface area contributed by atoms with Crippen molar-refractivity contribution >= 4 is 33.4 Å². The summed E-state index contributed by atoms with van der Waals surface area (Å²) in [6.07, 6.45) is 12.6. The van der Waals surface area contributed by atoms with Crippen LogP contribution in [0.4, 0.5) is 5.69 Å². The third-order valence-electron chi connectivity index (χ3n) is 7.71. The van der Waals surface area contributed by atoms with Crippen LogP contribution >= 0.6 is 0 Å². The third-order valence-corrected chi connectivity index (χ3v) is 9.89. The van der Waals surface area contributed by atoms with Crippen LogP contribution in [0.15, 0.2) is 42.5 Å². The lowest BCUT2D eigenvalue weighted by Gasteiger charge is -2.23. The van der Waals surface area contributed by atoms with Crippen molar-refractivity contribution in [1.82, 2.24) is 14.9 Å². The minimum Gasteiger partial charge on any atom is -0.376 e. The lowest BCUT2D eigenvalue weighted by molar-refractivity contribution is -0.136. The predicted molar refractivity (Wildman–Crippen MR) is 153 cm³/mol. The molecule has 9 nitrogen and oxygen atoms in total. The maximum absolute atomic E-state index is 12.1. The number of hydrogen-bond donors (Lipinski definition) is 3. The molecule has 10 heteroatoms. The molecule has 1 aliphatic heterocycles. The Bertz CT molecular complexity index is 1120. The summed E-state index contributed by atoms with van der Waals surface area (Å²) >= 11 is 0. The number of para-hydroxylation sites is 1. The van der Waals surface area contributed by atoms with Gasteiger partial charge in [0.05, 0.1) is 11.3 Å². The molecule has 1 unspecified atom stereocenters. The van der Waals surface area contributed by atoms with Crippen LogP contribution in [0.3, 0.4) is 0 Å². The fourth-order valence-electron chi connectivity index (χ4n) is 4.63. The normalized spacial score (nSPS) is 22.9. The van der Waals surface area contributed by atoms with Gasteiger partial charge < -0.3 is 15.5 Å². The molecule has 1 aromatic carbocycles. The fourth-order valence-corrected chi connectivity index (χ4v) is 5.93. The van der Waals surface area contributed by atoms with Crippen molar-refractivity contribution < 1.29 is 22.8 Å². The third kappa shape index (κ3) is 8.81. The van der Waals surface area contributed by atoms with Gasteiger partial charge in [0.15, 0.2) is 0 Å². The van der Waals surface area contributed by atoms with Gasteiger partial charge in [0.25, 0.3) is 0 Å². The van der Waals surface area contributed by atoms with E-state index in [0.717, 1.165) is 31.4 Å². The molecule has 0 bridgehead atoms. The summed E-state index contributed by atoms with van der Waals surface area (Å²) in [6.45, 7) is 4.75. The number of allylic oxidation sites excluding steroid dienone is 2. The molecule has 0 spiro atoms. The zero-order valence-corrected chi connectivity index (χ0v) is 24.3. The van der Waals surface area contributed by atoms with Gasteiger partial charge in [-0.2, -0.15) is 0 Å². The Morgan fingerprint density at radius 2 is 1.82 bits per heavy atom. The molecule has 3 aliphatic rings. The monoisotopic (exact) mass is 560 g/mol. The molecule has 3 atom stereocenters. The maximum Gasteiger partial charge on any atom is 0.242 e. The van der Waals surface area contributed by atoms with Gasteiger partial charge in [0.1, 0.15) is 6.04 Å². The highest BCUT2D eigenvalue weighted by Gasteiger charge is 2.52. The van der Waals surface area contributed by atoms with Crippen LogP contribution in [0.5, 0.6) is 0 Å². The van der Waals surface area contributed by atoms with Crippen molar-refractivity contribution in [2.24, 2.45) is 11.8 Å². The van der Waals surface area contributed by atoms with E-state index in [1.54, 1.807) is 18.9 Å². The van der Waals surface area contributed by atoms with Gasteiger partial charge in [-0.25, -0.2) is 8.42 Å². The molecule has 4 rings (SSSR count). The quantitative estimate of drug-likeness (QED) is 0.265. The summed E-state index contributed by atoms with van der Waals surface area (Å²) < 4.78 is 25.4. The molecular formula is C29H44N4O5S. The number of carbonyl (C=O) groups is 3. The number of benzene rings is 1. The van der Waals surface area contributed by atoms with Gasteiger partial charge in [0.2, 0.25) is 27.7 Å². The fraction of sp³-hybridized carbons (Fsp3) is 0.621. The molecule has 216 valence electrons. The Hall–Kier alpha value is -2.88. The number of nitrogens with zero attached hydrogens (tertiary/aromatic N) is 1. The number of likely N-dealkylation sites (tertiary alicyclic amines) is 1. The van der Waals surface area contributed by atoms with Crippen LogP contribution in [0.25, 0.3) is 0 Å². The molecule has 3 N–H and O–H groups in total. The molecule has 3 fully saturated rings. The molecule has 39 heavy (non-hydrogen) atoms. The zero-order chi connectivity index (χ0) is 28.5. The Kier molecular flexibility index (Phi) is 11.0. The molecule has 0 aromatic heterocycles. The summed E-state index contributed by atoms with van der Waals surface area (Å²) in [7, 11) is -1.87. The van der Waals surface area contributed by atoms with Crippen molar-refractivity contribution in [3.63, 3.8) is 0 Å². The number of rotatable bonds is 12. The van der Waals surface area contributed by atoms with Gasteiger partial charge in [0, 0.05) is 25.2 Å². The van der Waals surface area contributed by atoms with Crippen LogP contribution < -0.4 is 15.4 Å². The lowest BCUT2D eigenvalue weighted by atomic mass is 10.2. The molecule has 0 radical (unpaired) electrons. The van der Waals surface area contributed by atoms with E-state index >= 15 is 0 Å². The molecule has 1 aromatic rings. The minimum atomic E-state index is -3.47. The second-order valence-electron chi connectivity index (χ2n) is 10.9. The van der Waals surface area contributed by atoms with Crippen molar-refractivity contribution in [1.29, 1.82) is 0 Å². The van der Waals surface area contributed by atoms with Gasteiger partial charge in [-0.3, -0.25) is 19.1 Å². The van der Waals surface area contributed by atoms with Gasteiger partial charge in [-0.15, -0.1) is 0 Å². The summed E-state index contributed by atoms with van der Waals surface area (Å²) in [5, 5.41) is 5.69. The highest BCUT2D eigenvalue weighted by Crippen LogP contribution is 2.44. The van der Waals surface area contributed by atoms with Crippen LogP contribution in [0, 0.1) is 11.8 Å². The Labute approximate surface area is 233 Å². The average molecular weight is 561 g/mol. The number of hydrogen-bond acceptors (Lipinski definition) is 6. The predicted octanol–water partition coefficient (Wildman–Crippen LogP) is 3.59. The van der Waals surface area contributed by atoms with E-state index in [9.17, 15) is 22.8 Å². The van der Waals surface area contributed by atoms with Crippen molar-refractivity contribution in [2.75, 3.05) is 25.5 Å². The van der Waals surface area contributed by atoms with Crippen LogP contribution in [0.2, 0.25) is 0 Å². The van der Waals surface area contributed by atoms with E-state index in [1.807, 2.05) is 30.3 Å². The van der Waals surface area contributed by atoms with Crippen molar-refractivity contribution in [3.8, 4) is 0 Å². The highest BCUT2D eigenvalue weighted by molar-refractivity contribution is 7.91. The number of sulfonamides is 1. The number of amides is 3. The summed E-state index contributed by atoms with van der Waals surface area (Å²) in [4.78, 5) is 37.4. The molecule has 1 saturated heterocycles. The summed E-state index contributed by atoms with van der Waals surface area (Å²) in [6, 6.07) is 9.26. The summed E-state index contributed by atoms with van der Waals surface area (Å²) in [5.74, 6) is -0.338. The number of unbranched alkanes of at least 4 members (excludes halogenated alkanes) is 3. The van der Waals surface area contributed by atoms with Gasteiger partial charge in [-0.05, 0) is 69.9 Å². The smallest absolute Gasteiger partial charge is 0.242 e. The molecule has 2 saturated carbocycles. The second kappa shape index (κ2) is 14.0. The minimum absolute atomic E-state index is 0.0325. The second-order valence-corrected chi connectivity index (χ2v) is 13.1. The first-order valence-electron chi connectivity index (χ1n) is 14.1. The lowest BCUT2D eigenvalue weighted by Crippen LogP contribution is -2.46. The number of anilines is 1. The number of carbonyl (C=O) groups excluding carboxylic acids is 3. The van der Waals surface area contributed by atoms with E-state index in [-0.39, 0.29) is 42.1 Å². The summed E-state index contributed by atoms with van der Waals surface area (Å²) in [5.41, 5.74) is 0.909. The van der Waals surface area contributed by atoms with E-state index in [0.29, 0.717) is 19.4 Å². The first-order chi connectivity index (χ1) is 18.6. The Morgan fingerprint density at radius 1 is 1.10 bits per heavy atom. The number of nitrogens with one attached hydrogen (secondary N) is 3. The van der Waals surface area contributed by atoms with Crippen molar-refractivity contribution in [3.05, 3.63) is 42.5 Å². The SMILES string of the molecule is CCCCC/C=C\C1C[C@@H]1C(=O)NS(=O)(=O)C1(C)CC1.CNC(=O)[C@@H]1CCCN1C(=O)CNc1ccccc1. The van der Waals surface area contributed by atoms with E-state index in [1.165, 1.54) is 19.3 Å². The number of likely N-dealkylation sites (N-methyl/N-ethyl adjacent to an activating group) is 1.